The molecule has 3 nitrogen and oxygen atoms in total. The third kappa shape index (κ3) is 2.65. The van der Waals surface area contributed by atoms with Crippen molar-refractivity contribution in [2.45, 2.75) is 6.42 Å². The average Bonchev–Trinajstić information content (AvgIpc) is 3.15. The van der Waals surface area contributed by atoms with E-state index in [0.29, 0.717) is 0 Å². The number of hydrogen-bond acceptors (Lipinski definition) is 2. The third-order valence-electron chi connectivity index (χ3n) is 4.31. The van der Waals surface area contributed by atoms with E-state index < -0.39 is 0 Å². The molecule has 0 amide bonds. The van der Waals surface area contributed by atoms with E-state index >= 15 is 0 Å². The van der Waals surface area contributed by atoms with Gasteiger partial charge in [0.1, 0.15) is 11.6 Å². The van der Waals surface area contributed by atoms with Crippen molar-refractivity contribution in [3.05, 3.63) is 84.4 Å². The first kappa shape index (κ1) is 14.5. The highest BCUT2D eigenvalue weighted by Gasteiger charge is 2.11. The molecule has 0 saturated heterocycles. The second kappa shape index (κ2) is 6.20. The van der Waals surface area contributed by atoms with Crippen molar-refractivity contribution in [2.75, 3.05) is 7.11 Å². The second-order valence-electron chi connectivity index (χ2n) is 5.76. The van der Waals surface area contributed by atoms with Crippen LogP contribution in [0.3, 0.4) is 0 Å². The number of aromatic amines is 1. The molecule has 118 valence electrons. The number of nitrogens with one attached hydrogen (secondary N) is 1. The van der Waals surface area contributed by atoms with E-state index in [9.17, 15) is 0 Å². The molecule has 0 bridgehead atoms. The van der Waals surface area contributed by atoms with Gasteiger partial charge in [-0.15, -0.1) is 0 Å². The Morgan fingerprint density at radius 3 is 2.67 bits per heavy atom. The number of rotatable bonds is 4. The van der Waals surface area contributed by atoms with Crippen LogP contribution >= 0.6 is 0 Å². The molecule has 0 radical (unpaired) electrons. The number of benzene rings is 3. The molecule has 0 aliphatic carbocycles. The first-order chi connectivity index (χ1) is 11.8. The van der Waals surface area contributed by atoms with Crippen LogP contribution < -0.4 is 4.74 Å². The van der Waals surface area contributed by atoms with Gasteiger partial charge in [-0.05, 0) is 39.6 Å². The zero-order chi connectivity index (χ0) is 16.4. The van der Waals surface area contributed by atoms with E-state index in [2.05, 4.69) is 64.6 Å². The van der Waals surface area contributed by atoms with Crippen LogP contribution in [0.15, 0.2) is 73.1 Å². The molecule has 1 N–H and O–H groups in total. The number of fused-ring (bicyclic) bond motifs is 1. The molecule has 3 heteroatoms. The Kier molecular flexibility index (Phi) is 3.75. The molecule has 0 atom stereocenters. The predicted octanol–water partition coefficient (Wildman–Crippen LogP) is 4.83. The van der Waals surface area contributed by atoms with E-state index in [0.717, 1.165) is 18.0 Å². The topological polar surface area (TPSA) is 37.9 Å². The van der Waals surface area contributed by atoms with E-state index in [-0.39, 0.29) is 0 Å². The van der Waals surface area contributed by atoms with Crippen LogP contribution in [0.2, 0.25) is 0 Å². The Bertz CT molecular complexity index is 969. The predicted molar refractivity (Wildman–Crippen MR) is 97.3 cm³/mol. The zero-order valence-electron chi connectivity index (χ0n) is 13.5. The van der Waals surface area contributed by atoms with Gasteiger partial charge in [-0.25, -0.2) is 4.98 Å². The summed E-state index contributed by atoms with van der Waals surface area (Å²) in [5, 5.41) is 2.48. The highest BCUT2D eigenvalue weighted by atomic mass is 16.5. The monoisotopic (exact) mass is 314 g/mol. The summed E-state index contributed by atoms with van der Waals surface area (Å²) in [7, 11) is 1.70. The lowest BCUT2D eigenvalue weighted by molar-refractivity contribution is 0.415. The largest absolute Gasteiger partial charge is 0.497 e. The molecule has 1 aromatic heterocycles. The van der Waals surface area contributed by atoms with E-state index in [1.165, 1.54) is 27.5 Å². The molecule has 24 heavy (non-hydrogen) atoms. The Labute approximate surface area is 140 Å². The quantitative estimate of drug-likeness (QED) is 0.586. The number of imidazole rings is 1. The Hall–Kier alpha value is -3.07. The highest BCUT2D eigenvalue weighted by molar-refractivity contribution is 5.97. The number of H-pyrrole nitrogens is 1. The lowest BCUT2D eigenvalue weighted by Crippen LogP contribution is -1.96. The summed E-state index contributed by atoms with van der Waals surface area (Å²) >= 11 is 0. The number of ether oxygens (including phenoxy) is 1. The third-order valence-corrected chi connectivity index (χ3v) is 4.31. The number of methoxy groups -OCH3 is 1. The van der Waals surface area contributed by atoms with Gasteiger partial charge in [0, 0.05) is 18.8 Å². The van der Waals surface area contributed by atoms with Gasteiger partial charge in [0.05, 0.1) is 7.11 Å². The van der Waals surface area contributed by atoms with E-state index in [1.807, 2.05) is 12.3 Å². The van der Waals surface area contributed by atoms with Gasteiger partial charge < -0.3 is 9.72 Å². The summed E-state index contributed by atoms with van der Waals surface area (Å²) in [6.07, 6.45) is 4.41. The molecule has 0 spiro atoms. The normalized spacial score (nSPS) is 10.9. The Morgan fingerprint density at radius 1 is 0.958 bits per heavy atom. The van der Waals surface area contributed by atoms with Crippen LogP contribution in [0.5, 0.6) is 5.75 Å². The minimum Gasteiger partial charge on any atom is -0.497 e. The average molecular weight is 314 g/mol. The lowest BCUT2D eigenvalue weighted by Gasteiger charge is -2.13. The van der Waals surface area contributed by atoms with Gasteiger partial charge in [-0.3, -0.25) is 0 Å². The number of hydrogen-bond donors (Lipinski definition) is 1. The molecule has 0 aliphatic rings. The van der Waals surface area contributed by atoms with Crippen molar-refractivity contribution >= 4 is 10.8 Å². The summed E-state index contributed by atoms with van der Waals surface area (Å²) < 4.78 is 5.46. The molecule has 0 aliphatic heterocycles. The van der Waals surface area contributed by atoms with Gasteiger partial charge in [0.25, 0.3) is 0 Å². The van der Waals surface area contributed by atoms with E-state index in [1.54, 1.807) is 13.3 Å². The summed E-state index contributed by atoms with van der Waals surface area (Å²) in [4.78, 5) is 7.55. The lowest BCUT2D eigenvalue weighted by atomic mass is 9.93. The summed E-state index contributed by atoms with van der Waals surface area (Å²) in [5.74, 6) is 1.82. The first-order valence-corrected chi connectivity index (χ1v) is 7.98. The minimum atomic E-state index is 0.759. The Morgan fingerprint density at radius 2 is 1.83 bits per heavy atom. The van der Waals surface area contributed by atoms with Crippen molar-refractivity contribution in [1.82, 2.24) is 9.97 Å². The molecule has 0 saturated carbocycles. The summed E-state index contributed by atoms with van der Waals surface area (Å²) in [6, 6.07) is 21.1. The van der Waals surface area contributed by atoms with Gasteiger partial charge >= 0.3 is 0 Å². The smallest absolute Gasteiger partial charge is 0.119 e. The zero-order valence-corrected chi connectivity index (χ0v) is 13.5. The fourth-order valence-electron chi connectivity index (χ4n) is 3.12. The van der Waals surface area contributed by atoms with Crippen molar-refractivity contribution in [3.8, 4) is 16.9 Å². The number of nitrogens with zero attached hydrogens (tertiary/aromatic N) is 1. The van der Waals surface area contributed by atoms with Gasteiger partial charge in [-0.2, -0.15) is 0 Å². The minimum absolute atomic E-state index is 0.759. The van der Waals surface area contributed by atoms with Crippen LogP contribution in [0, 0.1) is 0 Å². The van der Waals surface area contributed by atoms with Crippen molar-refractivity contribution in [2.24, 2.45) is 0 Å². The maximum atomic E-state index is 5.46. The van der Waals surface area contributed by atoms with Crippen molar-refractivity contribution in [3.63, 3.8) is 0 Å². The van der Waals surface area contributed by atoms with Crippen molar-refractivity contribution in [1.29, 1.82) is 0 Å². The summed E-state index contributed by atoms with van der Waals surface area (Å²) in [6.45, 7) is 0. The highest BCUT2D eigenvalue weighted by Crippen LogP contribution is 2.34. The molecule has 4 aromatic rings. The van der Waals surface area contributed by atoms with Gasteiger partial charge in [-0.1, -0.05) is 48.5 Å². The molecule has 0 unspecified atom stereocenters. The number of aromatic nitrogens is 2. The fourth-order valence-corrected chi connectivity index (χ4v) is 3.12. The molecule has 0 fully saturated rings. The first-order valence-electron chi connectivity index (χ1n) is 7.98. The summed E-state index contributed by atoms with van der Waals surface area (Å²) in [5.41, 5.74) is 3.62. The fraction of sp³-hybridized carbons (Fsp3) is 0.0952. The molecule has 4 rings (SSSR count). The molecular weight excluding hydrogens is 296 g/mol. The van der Waals surface area contributed by atoms with E-state index in [4.69, 9.17) is 4.74 Å². The van der Waals surface area contributed by atoms with Gasteiger partial charge in [0.2, 0.25) is 0 Å². The van der Waals surface area contributed by atoms with Crippen LogP contribution in [0.1, 0.15) is 11.4 Å². The standard InChI is InChI=1S/C21H18N2O/c1-24-17-10-9-16(13-21-22-11-12-23-21)20(14-17)19-8-4-6-15-5-2-3-7-18(15)19/h2-12,14H,13H2,1H3,(H,22,23). The van der Waals surface area contributed by atoms with Gasteiger partial charge in [0.15, 0.2) is 0 Å². The second-order valence-corrected chi connectivity index (χ2v) is 5.76. The SMILES string of the molecule is COc1ccc(Cc2ncc[nH]2)c(-c2cccc3ccccc23)c1. The Balaban J connectivity index is 1.91. The maximum Gasteiger partial charge on any atom is 0.119 e. The molecular formula is C21H18N2O. The van der Waals surface area contributed by atoms with Crippen LogP contribution in [-0.2, 0) is 6.42 Å². The van der Waals surface area contributed by atoms with Crippen LogP contribution in [-0.4, -0.2) is 17.1 Å². The molecule has 3 aromatic carbocycles. The molecule has 1 heterocycles. The van der Waals surface area contributed by atoms with Crippen LogP contribution in [0.25, 0.3) is 21.9 Å². The maximum absolute atomic E-state index is 5.46. The van der Waals surface area contributed by atoms with Crippen LogP contribution in [0.4, 0.5) is 0 Å². The van der Waals surface area contributed by atoms with Crippen molar-refractivity contribution < 1.29 is 4.74 Å².